The Balaban J connectivity index is 1.85. The van der Waals surface area contributed by atoms with E-state index < -0.39 is 0 Å². The van der Waals surface area contributed by atoms with Gasteiger partial charge in [-0.25, -0.2) is 9.37 Å². The number of nitrogens with one attached hydrogen (secondary N) is 2. The molecule has 150 valence electrons. The fourth-order valence-electron chi connectivity index (χ4n) is 3.46. The molecule has 1 aromatic heterocycles. The molecule has 1 aliphatic rings. The first-order valence-corrected chi connectivity index (χ1v) is 9.80. The Bertz CT molecular complexity index is 857. The summed E-state index contributed by atoms with van der Waals surface area (Å²) in [7, 11) is 0. The molecular weight excluding hydrogens is 359 g/mol. The molecule has 1 aromatic carbocycles. The van der Waals surface area contributed by atoms with E-state index in [2.05, 4.69) is 20.2 Å². The lowest BCUT2D eigenvalue weighted by molar-refractivity contribution is -0.122. The van der Waals surface area contributed by atoms with Crippen LogP contribution in [0.3, 0.4) is 0 Å². The predicted molar refractivity (Wildman–Crippen MR) is 107 cm³/mol. The summed E-state index contributed by atoms with van der Waals surface area (Å²) in [5.74, 6) is 0.398. The maximum absolute atomic E-state index is 13.3. The number of carbonyl (C=O) groups excluding carboxylic acids is 1. The minimum absolute atomic E-state index is 0.0751. The summed E-state index contributed by atoms with van der Waals surface area (Å²) in [6, 6.07) is 7.14. The van der Waals surface area contributed by atoms with Crippen LogP contribution in [0.2, 0.25) is 0 Å². The molecule has 0 aliphatic carbocycles. The van der Waals surface area contributed by atoms with Crippen LogP contribution in [0.5, 0.6) is 0 Å². The van der Waals surface area contributed by atoms with E-state index in [-0.39, 0.29) is 29.2 Å². The van der Waals surface area contributed by atoms with E-state index >= 15 is 0 Å². The number of aromatic amines is 1. The lowest BCUT2D eigenvalue weighted by Gasteiger charge is -2.21. The number of benzene rings is 1. The molecule has 2 heterocycles. The molecule has 3 rings (SSSR count). The van der Waals surface area contributed by atoms with Crippen molar-refractivity contribution in [3.05, 3.63) is 57.8 Å². The van der Waals surface area contributed by atoms with E-state index in [4.69, 9.17) is 0 Å². The number of carbonyl (C=O) groups is 1. The molecule has 0 unspecified atom stereocenters. The zero-order valence-electron chi connectivity index (χ0n) is 16.4. The zero-order valence-corrected chi connectivity index (χ0v) is 16.4. The van der Waals surface area contributed by atoms with Crippen molar-refractivity contribution < 1.29 is 9.18 Å². The largest absolute Gasteiger partial charge is 0.349 e. The van der Waals surface area contributed by atoms with Gasteiger partial charge in [-0.15, -0.1) is 0 Å². The topological polar surface area (TPSA) is 78.1 Å². The summed E-state index contributed by atoms with van der Waals surface area (Å²) >= 11 is 0. The molecule has 28 heavy (non-hydrogen) atoms. The Labute approximate surface area is 164 Å². The van der Waals surface area contributed by atoms with Crippen molar-refractivity contribution in [2.75, 3.05) is 18.0 Å². The molecule has 0 saturated carbocycles. The molecule has 7 heteroatoms. The molecule has 6 nitrogen and oxygen atoms in total. The van der Waals surface area contributed by atoms with Crippen LogP contribution in [-0.2, 0) is 11.2 Å². The number of anilines is 1. The first kappa shape index (κ1) is 20.0. The lowest BCUT2D eigenvalue weighted by atomic mass is 10.0. The Kier molecular flexibility index (Phi) is 6.44. The van der Waals surface area contributed by atoms with Crippen LogP contribution in [-0.4, -0.2) is 29.0 Å². The Morgan fingerprint density at radius 3 is 2.57 bits per heavy atom. The van der Waals surface area contributed by atoms with Gasteiger partial charge < -0.3 is 10.2 Å². The number of amides is 1. The fourth-order valence-corrected chi connectivity index (χ4v) is 3.46. The Hall–Kier alpha value is -2.70. The number of aromatic nitrogens is 2. The van der Waals surface area contributed by atoms with Crippen LogP contribution in [0.1, 0.15) is 50.4 Å². The average Bonchev–Trinajstić information content (AvgIpc) is 3.15. The first-order chi connectivity index (χ1) is 13.4. The van der Waals surface area contributed by atoms with Crippen LogP contribution >= 0.6 is 0 Å². The number of hydrogen-bond donors (Lipinski definition) is 2. The van der Waals surface area contributed by atoms with Gasteiger partial charge in [0.1, 0.15) is 5.82 Å². The quantitative estimate of drug-likeness (QED) is 0.767. The van der Waals surface area contributed by atoms with Gasteiger partial charge in [-0.3, -0.25) is 14.6 Å². The van der Waals surface area contributed by atoms with Gasteiger partial charge in [0.25, 0.3) is 5.56 Å². The maximum Gasteiger partial charge on any atom is 0.252 e. The summed E-state index contributed by atoms with van der Waals surface area (Å²) in [5, 5.41) is 3.01. The number of H-pyrrole nitrogens is 1. The van der Waals surface area contributed by atoms with Gasteiger partial charge in [0.2, 0.25) is 11.9 Å². The highest BCUT2D eigenvalue weighted by atomic mass is 19.1. The van der Waals surface area contributed by atoms with E-state index in [1.807, 2.05) is 13.8 Å². The van der Waals surface area contributed by atoms with Gasteiger partial charge in [-0.05, 0) is 36.5 Å². The second-order valence-corrected chi connectivity index (χ2v) is 7.73. The smallest absolute Gasteiger partial charge is 0.252 e. The minimum Gasteiger partial charge on any atom is -0.349 e. The number of hydrogen-bond acceptors (Lipinski definition) is 4. The summed E-state index contributed by atoms with van der Waals surface area (Å²) in [6.45, 7) is 5.71. The second-order valence-electron chi connectivity index (χ2n) is 7.73. The second kappa shape index (κ2) is 8.99. The van der Waals surface area contributed by atoms with Gasteiger partial charge in [0.15, 0.2) is 0 Å². The Morgan fingerprint density at radius 1 is 1.25 bits per heavy atom. The first-order valence-electron chi connectivity index (χ1n) is 9.80. The molecule has 1 amide bonds. The highest BCUT2D eigenvalue weighted by Crippen LogP contribution is 2.20. The van der Waals surface area contributed by atoms with E-state index in [1.54, 1.807) is 12.1 Å². The highest BCUT2D eigenvalue weighted by molar-refractivity contribution is 5.76. The third-order valence-corrected chi connectivity index (χ3v) is 4.80. The molecule has 0 radical (unpaired) electrons. The van der Waals surface area contributed by atoms with Crippen molar-refractivity contribution in [1.82, 2.24) is 15.3 Å². The molecule has 2 N–H and O–H groups in total. The maximum atomic E-state index is 13.3. The van der Waals surface area contributed by atoms with E-state index in [0.717, 1.165) is 31.5 Å². The fraction of sp³-hybridized carbons (Fsp3) is 0.476. The van der Waals surface area contributed by atoms with Crippen LogP contribution in [0.15, 0.2) is 35.1 Å². The van der Waals surface area contributed by atoms with Gasteiger partial charge in [0.05, 0.1) is 11.7 Å². The summed E-state index contributed by atoms with van der Waals surface area (Å²) in [4.78, 5) is 34.0. The monoisotopic (exact) mass is 386 g/mol. The molecule has 0 bridgehead atoms. The molecule has 1 fully saturated rings. The number of rotatable bonds is 7. The van der Waals surface area contributed by atoms with Crippen molar-refractivity contribution in [2.24, 2.45) is 5.92 Å². The van der Waals surface area contributed by atoms with E-state index in [0.29, 0.717) is 24.5 Å². The third-order valence-electron chi connectivity index (χ3n) is 4.80. The molecule has 1 saturated heterocycles. The molecule has 1 atom stereocenters. The van der Waals surface area contributed by atoms with Crippen LogP contribution in [0.25, 0.3) is 0 Å². The van der Waals surface area contributed by atoms with Crippen molar-refractivity contribution in [2.45, 2.75) is 45.6 Å². The number of nitrogens with zero attached hydrogens (tertiary/aromatic N) is 2. The van der Waals surface area contributed by atoms with Crippen molar-refractivity contribution in [3.63, 3.8) is 0 Å². The van der Waals surface area contributed by atoms with E-state index in [9.17, 15) is 14.0 Å². The summed E-state index contributed by atoms with van der Waals surface area (Å²) in [6.07, 6.45) is 2.93. The van der Waals surface area contributed by atoms with Crippen LogP contribution in [0, 0.1) is 11.7 Å². The molecule has 2 aromatic rings. The van der Waals surface area contributed by atoms with Crippen molar-refractivity contribution in [3.8, 4) is 0 Å². The zero-order chi connectivity index (χ0) is 20.1. The predicted octanol–water partition coefficient (Wildman–Crippen LogP) is 2.96. The van der Waals surface area contributed by atoms with Crippen molar-refractivity contribution in [1.29, 1.82) is 0 Å². The average molecular weight is 386 g/mol. The molecule has 0 spiro atoms. The molecular formula is C21H27FN4O2. The Morgan fingerprint density at radius 2 is 1.93 bits per heavy atom. The highest BCUT2D eigenvalue weighted by Gasteiger charge is 2.20. The number of halogens is 1. The minimum atomic E-state index is -0.382. The standard InChI is InChI=1S/C21H27FN4O2/c1-14(2)11-19(27)24-18(15-5-7-16(22)8-6-15)12-17-13-20(28)25-21(23-17)26-9-3-4-10-26/h5-8,13-14,18H,3-4,9-12H2,1-2H3,(H,24,27)(H,23,25,28)/t18-/m0/s1. The molecule has 1 aliphatic heterocycles. The lowest BCUT2D eigenvalue weighted by Crippen LogP contribution is -2.31. The SMILES string of the molecule is CC(C)CC(=O)N[C@@H](Cc1cc(=O)[nH]c(N2CCCC2)n1)c1ccc(F)cc1. The van der Waals surface area contributed by atoms with E-state index in [1.165, 1.54) is 18.2 Å². The van der Waals surface area contributed by atoms with Gasteiger partial charge in [0, 0.05) is 32.0 Å². The van der Waals surface area contributed by atoms with Gasteiger partial charge >= 0.3 is 0 Å². The van der Waals surface area contributed by atoms with Gasteiger partial charge in [-0.2, -0.15) is 0 Å². The van der Waals surface area contributed by atoms with Crippen molar-refractivity contribution >= 4 is 11.9 Å². The van der Waals surface area contributed by atoms with Crippen LogP contribution < -0.4 is 15.8 Å². The van der Waals surface area contributed by atoms with Gasteiger partial charge in [-0.1, -0.05) is 26.0 Å². The normalized spacial score (nSPS) is 15.1. The third kappa shape index (κ3) is 5.41. The van der Waals surface area contributed by atoms with Crippen LogP contribution in [0.4, 0.5) is 10.3 Å². The summed E-state index contributed by atoms with van der Waals surface area (Å²) < 4.78 is 13.3. The summed E-state index contributed by atoms with van der Waals surface area (Å²) in [5.41, 5.74) is 1.17.